The monoisotopic (exact) mass is 314 g/mol. The third kappa shape index (κ3) is 6.24. The summed E-state index contributed by atoms with van der Waals surface area (Å²) in [5.74, 6) is 0.777. The minimum atomic E-state index is -0.0251. The second kappa shape index (κ2) is 8.35. The lowest BCUT2D eigenvalue weighted by atomic mass is 10.0. The molecule has 0 unspecified atom stereocenters. The van der Waals surface area contributed by atoms with Gasteiger partial charge in [-0.15, -0.1) is 0 Å². The minimum Gasteiger partial charge on any atom is -0.356 e. The Kier molecular flexibility index (Phi) is 7.09. The highest BCUT2D eigenvalue weighted by Gasteiger charge is 2.06. The molecule has 102 valence electrons. The summed E-state index contributed by atoms with van der Waals surface area (Å²) in [6.45, 7) is 5.28. The number of carbonyl (C=O) groups is 1. The molecule has 4 heteroatoms. The number of unbranched alkanes of at least 4 members (excludes halogenated alkanes) is 3. The molecule has 0 aliphatic carbocycles. The van der Waals surface area contributed by atoms with Crippen LogP contribution in [0.2, 0.25) is 0 Å². The van der Waals surface area contributed by atoms with E-state index in [1.807, 2.05) is 0 Å². The molecule has 0 bridgehead atoms. The van der Waals surface area contributed by atoms with Crippen molar-refractivity contribution in [3.63, 3.8) is 0 Å². The van der Waals surface area contributed by atoms with Crippen LogP contribution in [0.5, 0.6) is 0 Å². The molecule has 1 amide bonds. The zero-order valence-electron chi connectivity index (χ0n) is 11.3. The van der Waals surface area contributed by atoms with Crippen molar-refractivity contribution >= 4 is 21.8 Å². The Morgan fingerprint density at radius 1 is 1.33 bits per heavy atom. The van der Waals surface area contributed by atoms with Gasteiger partial charge in [-0.1, -0.05) is 39.5 Å². The summed E-state index contributed by atoms with van der Waals surface area (Å²) in [5.41, 5.74) is 0.613. The highest BCUT2D eigenvalue weighted by Crippen LogP contribution is 2.11. The molecule has 1 aromatic heterocycles. The van der Waals surface area contributed by atoms with Crippen LogP contribution in [0.3, 0.4) is 0 Å². The molecule has 2 N–H and O–H groups in total. The summed E-state index contributed by atoms with van der Waals surface area (Å²) < 4.78 is 0.904. The number of aromatic nitrogens is 1. The fraction of sp³-hybridized carbons (Fsp3) is 0.643. The van der Waals surface area contributed by atoms with E-state index in [0.29, 0.717) is 5.69 Å². The number of nitrogens with one attached hydrogen (secondary N) is 2. The van der Waals surface area contributed by atoms with Crippen LogP contribution in [-0.2, 0) is 0 Å². The highest BCUT2D eigenvalue weighted by atomic mass is 79.9. The maximum Gasteiger partial charge on any atom is 0.267 e. The first kappa shape index (κ1) is 15.3. The average Bonchev–Trinajstić information content (AvgIpc) is 2.74. The molecule has 0 radical (unpaired) electrons. The minimum absolute atomic E-state index is 0.0251. The predicted molar refractivity (Wildman–Crippen MR) is 78.7 cm³/mol. The fourth-order valence-electron chi connectivity index (χ4n) is 1.83. The van der Waals surface area contributed by atoms with E-state index < -0.39 is 0 Å². The van der Waals surface area contributed by atoms with Crippen LogP contribution in [0.1, 0.15) is 56.4 Å². The van der Waals surface area contributed by atoms with E-state index in [1.165, 1.54) is 25.7 Å². The SMILES string of the molecule is CC(C)CCCCCCNC(=O)c1cc(Br)c[nH]1. The van der Waals surface area contributed by atoms with Crippen LogP contribution in [0.25, 0.3) is 0 Å². The Balaban J connectivity index is 2.03. The van der Waals surface area contributed by atoms with Gasteiger partial charge >= 0.3 is 0 Å². The molecule has 0 saturated carbocycles. The van der Waals surface area contributed by atoms with Crippen molar-refractivity contribution in [2.75, 3.05) is 6.54 Å². The van der Waals surface area contributed by atoms with Gasteiger partial charge in [0.25, 0.3) is 5.91 Å². The molecular weight excluding hydrogens is 292 g/mol. The maximum atomic E-state index is 11.7. The summed E-state index contributed by atoms with van der Waals surface area (Å²) in [4.78, 5) is 14.6. The molecule has 0 fully saturated rings. The smallest absolute Gasteiger partial charge is 0.267 e. The predicted octanol–water partition coefficient (Wildman–Crippen LogP) is 4.11. The largest absolute Gasteiger partial charge is 0.356 e. The first-order valence-electron chi connectivity index (χ1n) is 6.71. The Hall–Kier alpha value is -0.770. The Morgan fingerprint density at radius 2 is 2.06 bits per heavy atom. The zero-order chi connectivity index (χ0) is 13.4. The van der Waals surface area contributed by atoms with E-state index in [4.69, 9.17) is 0 Å². The van der Waals surface area contributed by atoms with E-state index in [1.54, 1.807) is 12.3 Å². The number of H-pyrrole nitrogens is 1. The third-order valence-corrected chi connectivity index (χ3v) is 3.34. The van der Waals surface area contributed by atoms with Crippen molar-refractivity contribution < 1.29 is 4.79 Å². The Labute approximate surface area is 118 Å². The lowest BCUT2D eigenvalue weighted by molar-refractivity contribution is 0.0948. The quantitative estimate of drug-likeness (QED) is 0.697. The number of hydrogen-bond acceptors (Lipinski definition) is 1. The molecule has 0 atom stereocenters. The standard InChI is InChI=1S/C14H23BrN2O/c1-11(2)7-5-3-4-6-8-16-14(18)13-9-12(15)10-17-13/h9-11,17H,3-8H2,1-2H3,(H,16,18). The van der Waals surface area contributed by atoms with Gasteiger partial charge in [-0.25, -0.2) is 0 Å². The summed E-state index contributed by atoms with van der Waals surface area (Å²) in [6, 6.07) is 1.79. The summed E-state index contributed by atoms with van der Waals surface area (Å²) >= 11 is 3.31. The van der Waals surface area contributed by atoms with E-state index in [-0.39, 0.29) is 5.91 Å². The topological polar surface area (TPSA) is 44.9 Å². The van der Waals surface area contributed by atoms with Crippen LogP contribution >= 0.6 is 15.9 Å². The average molecular weight is 315 g/mol. The third-order valence-electron chi connectivity index (χ3n) is 2.89. The molecule has 18 heavy (non-hydrogen) atoms. The van der Waals surface area contributed by atoms with Gasteiger partial charge in [-0.05, 0) is 34.3 Å². The van der Waals surface area contributed by atoms with Gasteiger partial charge in [0.05, 0.1) is 0 Å². The van der Waals surface area contributed by atoms with Gasteiger partial charge in [-0.2, -0.15) is 0 Å². The lowest BCUT2D eigenvalue weighted by Crippen LogP contribution is -2.24. The number of hydrogen-bond donors (Lipinski definition) is 2. The fourth-order valence-corrected chi connectivity index (χ4v) is 2.17. The number of rotatable bonds is 8. The van der Waals surface area contributed by atoms with Crippen molar-refractivity contribution in [2.45, 2.75) is 46.0 Å². The van der Waals surface area contributed by atoms with E-state index in [9.17, 15) is 4.79 Å². The molecule has 1 heterocycles. The van der Waals surface area contributed by atoms with Crippen LogP contribution in [0.4, 0.5) is 0 Å². The molecule has 0 spiro atoms. The van der Waals surface area contributed by atoms with Gasteiger partial charge < -0.3 is 10.3 Å². The number of aromatic amines is 1. The molecular formula is C14H23BrN2O. The number of carbonyl (C=O) groups excluding carboxylic acids is 1. The molecule has 0 aliphatic rings. The maximum absolute atomic E-state index is 11.7. The van der Waals surface area contributed by atoms with Gasteiger partial charge in [0.15, 0.2) is 0 Å². The van der Waals surface area contributed by atoms with Gasteiger partial charge in [-0.3, -0.25) is 4.79 Å². The van der Waals surface area contributed by atoms with Crippen LogP contribution < -0.4 is 5.32 Å². The summed E-state index contributed by atoms with van der Waals surface area (Å²) in [5, 5.41) is 2.92. The van der Waals surface area contributed by atoms with Crippen molar-refractivity contribution in [3.8, 4) is 0 Å². The number of amides is 1. The van der Waals surface area contributed by atoms with Crippen LogP contribution in [0, 0.1) is 5.92 Å². The molecule has 1 aromatic rings. The molecule has 3 nitrogen and oxygen atoms in total. The first-order chi connectivity index (χ1) is 8.59. The van der Waals surface area contributed by atoms with Crippen molar-refractivity contribution in [3.05, 3.63) is 22.4 Å². The molecule has 0 aliphatic heterocycles. The van der Waals surface area contributed by atoms with Crippen molar-refractivity contribution in [2.24, 2.45) is 5.92 Å². The first-order valence-corrected chi connectivity index (χ1v) is 7.51. The Bertz CT molecular complexity index is 360. The number of halogens is 1. The van der Waals surface area contributed by atoms with Crippen molar-refractivity contribution in [1.82, 2.24) is 10.3 Å². The van der Waals surface area contributed by atoms with Gasteiger partial charge in [0.1, 0.15) is 5.69 Å². The highest BCUT2D eigenvalue weighted by molar-refractivity contribution is 9.10. The molecule has 1 rings (SSSR count). The summed E-state index contributed by atoms with van der Waals surface area (Å²) in [7, 11) is 0. The van der Waals surface area contributed by atoms with Crippen LogP contribution in [0.15, 0.2) is 16.7 Å². The second-order valence-electron chi connectivity index (χ2n) is 5.08. The van der Waals surface area contributed by atoms with E-state index in [2.05, 4.69) is 40.1 Å². The van der Waals surface area contributed by atoms with Crippen LogP contribution in [-0.4, -0.2) is 17.4 Å². The van der Waals surface area contributed by atoms with Gasteiger partial charge in [0.2, 0.25) is 0 Å². The summed E-state index contributed by atoms with van der Waals surface area (Å²) in [6.07, 6.45) is 7.90. The van der Waals surface area contributed by atoms with Gasteiger partial charge in [0, 0.05) is 17.2 Å². The molecule has 0 aromatic carbocycles. The van der Waals surface area contributed by atoms with E-state index >= 15 is 0 Å². The zero-order valence-corrected chi connectivity index (χ0v) is 12.8. The lowest BCUT2D eigenvalue weighted by Gasteiger charge is -2.05. The van der Waals surface area contributed by atoms with E-state index in [0.717, 1.165) is 23.4 Å². The normalized spacial score (nSPS) is 10.9. The second-order valence-corrected chi connectivity index (χ2v) is 6.00. The van der Waals surface area contributed by atoms with Crippen molar-refractivity contribution in [1.29, 1.82) is 0 Å². The molecule has 0 saturated heterocycles. The Morgan fingerprint density at radius 3 is 2.67 bits per heavy atom.